The van der Waals surface area contributed by atoms with E-state index in [1.54, 1.807) is 33.2 Å². The Balaban J connectivity index is 1.39. The van der Waals surface area contributed by atoms with Gasteiger partial charge in [-0.3, -0.25) is 0 Å². The molecule has 2 aromatic heterocycles. The average molecular weight is 654 g/mol. The number of anilines is 1. The van der Waals surface area contributed by atoms with Crippen LogP contribution in [0.4, 0.5) is 10.6 Å². The Bertz CT molecular complexity index is 1690. The van der Waals surface area contributed by atoms with Crippen LogP contribution in [-0.4, -0.2) is 49.1 Å². The van der Waals surface area contributed by atoms with Gasteiger partial charge in [0, 0.05) is 23.6 Å². The van der Waals surface area contributed by atoms with E-state index in [0.717, 1.165) is 35.1 Å². The number of carbonyl (C=O) groups is 1. The molecule has 2 aliphatic rings. The van der Waals surface area contributed by atoms with E-state index in [4.69, 9.17) is 9.16 Å². The normalized spacial score (nSPS) is 22.6. The summed E-state index contributed by atoms with van der Waals surface area (Å²) in [5.41, 5.74) is 2.71. The topological polar surface area (TPSA) is 124 Å². The molecule has 1 fully saturated rings. The zero-order chi connectivity index (χ0) is 32.8. The van der Waals surface area contributed by atoms with E-state index in [1.165, 1.54) is 11.1 Å². The van der Waals surface area contributed by atoms with Crippen molar-refractivity contribution in [3.63, 3.8) is 0 Å². The van der Waals surface area contributed by atoms with Crippen molar-refractivity contribution in [3.8, 4) is 0 Å². The van der Waals surface area contributed by atoms with E-state index in [-0.39, 0.29) is 29.1 Å². The molecule has 12 heteroatoms. The maximum absolute atomic E-state index is 12.8. The molecule has 1 aromatic carbocycles. The first kappa shape index (κ1) is 33.1. The molecule has 0 bridgehead atoms. The monoisotopic (exact) mass is 653 g/mol. The fraction of sp³-hybridized carbons (Fsp3) is 0.545. The molecule has 4 atom stereocenters. The van der Waals surface area contributed by atoms with Gasteiger partial charge in [-0.15, -0.1) is 0 Å². The molecule has 244 valence electrons. The number of fused-ring (bicyclic) bond motifs is 2. The van der Waals surface area contributed by atoms with Crippen LogP contribution in [0.1, 0.15) is 84.0 Å². The van der Waals surface area contributed by atoms with Crippen molar-refractivity contribution in [1.29, 1.82) is 0 Å². The fourth-order valence-electron chi connectivity index (χ4n) is 6.03. The molecule has 0 radical (unpaired) electrons. The Morgan fingerprint density at radius 3 is 2.51 bits per heavy atom. The molecule has 1 unspecified atom stereocenters. The Morgan fingerprint density at radius 1 is 1.07 bits per heavy atom. The molecular weight excluding hydrogens is 607 g/mol. The maximum Gasteiger partial charge on any atom is 0.421 e. The Labute approximate surface area is 268 Å². The minimum Gasteiger partial charge on any atom is -0.443 e. The number of aromatic nitrogens is 3. The predicted molar refractivity (Wildman–Crippen MR) is 180 cm³/mol. The second kappa shape index (κ2) is 12.2. The summed E-state index contributed by atoms with van der Waals surface area (Å²) < 4.78 is 41.8. The lowest BCUT2D eigenvalue weighted by Crippen LogP contribution is -2.44. The lowest BCUT2D eigenvalue weighted by atomic mass is 10.1. The van der Waals surface area contributed by atoms with Gasteiger partial charge in [0.05, 0.1) is 17.5 Å². The van der Waals surface area contributed by atoms with Gasteiger partial charge in [0.15, 0.2) is 8.32 Å². The highest BCUT2D eigenvalue weighted by atomic mass is 32.2. The number of hydrogen-bond acceptors (Lipinski definition) is 8. The smallest absolute Gasteiger partial charge is 0.421 e. The standard InChI is InChI=1S/C33H47N5O5SSi/c1-32(2,3)42-31(39)37-44(40,41)18-16-23-19-24(20-28(23)43-45(7,8)33(4,5)6)38-17-15-26-29(34-21-35-30(26)38)36-27-14-13-22-11-9-10-12-25(22)27/h9-12,15-18,21,23-24,27-28H,13-14,19-20H2,1-8H3,(H,37,39)(H,34,35,36)/b18-16+/t23?,24-,27+,28-/m1/s1. The molecule has 3 aromatic rings. The molecule has 2 heterocycles. The number of sulfonamides is 1. The largest absolute Gasteiger partial charge is 0.443 e. The number of hydrogen-bond donors (Lipinski definition) is 2. The minimum absolute atomic E-state index is 0.0174. The van der Waals surface area contributed by atoms with Crippen LogP contribution in [0.25, 0.3) is 11.0 Å². The quantitative estimate of drug-likeness (QED) is 0.244. The summed E-state index contributed by atoms with van der Waals surface area (Å²) in [6.45, 7) is 16.0. The summed E-state index contributed by atoms with van der Waals surface area (Å²) in [6, 6.07) is 10.8. The molecule has 2 N–H and O–H groups in total. The van der Waals surface area contributed by atoms with Crippen LogP contribution in [0.3, 0.4) is 0 Å². The van der Waals surface area contributed by atoms with E-state index in [1.807, 2.05) is 10.9 Å². The van der Waals surface area contributed by atoms with E-state index in [0.29, 0.717) is 12.8 Å². The molecule has 1 saturated carbocycles. The third-order valence-electron chi connectivity index (χ3n) is 9.25. The van der Waals surface area contributed by atoms with E-state index in [2.05, 4.69) is 84.0 Å². The van der Waals surface area contributed by atoms with Gasteiger partial charge in [0.25, 0.3) is 10.0 Å². The summed E-state index contributed by atoms with van der Waals surface area (Å²) in [5, 5.41) is 5.68. The van der Waals surface area contributed by atoms with Crippen molar-refractivity contribution in [2.75, 3.05) is 5.32 Å². The number of aryl methyl sites for hydroxylation is 1. The lowest BCUT2D eigenvalue weighted by molar-refractivity contribution is 0.0571. The molecule has 1 amide bonds. The van der Waals surface area contributed by atoms with Gasteiger partial charge >= 0.3 is 6.09 Å². The molecule has 2 aliphatic carbocycles. The van der Waals surface area contributed by atoms with Crippen molar-refractivity contribution in [2.24, 2.45) is 5.92 Å². The van der Waals surface area contributed by atoms with Crippen molar-refractivity contribution in [1.82, 2.24) is 19.3 Å². The van der Waals surface area contributed by atoms with E-state index in [9.17, 15) is 13.2 Å². The van der Waals surface area contributed by atoms with Crippen molar-refractivity contribution >= 4 is 41.3 Å². The number of rotatable bonds is 8. The Hall–Kier alpha value is -3.22. The fourth-order valence-corrected chi connectivity index (χ4v) is 8.16. The van der Waals surface area contributed by atoms with Gasteiger partial charge in [-0.1, -0.05) is 51.1 Å². The minimum atomic E-state index is -4.07. The second-order valence-corrected chi connectivity index (χ2v) is 21.1. The summed E-state index contributed by atoms with van der Waals surface area (Å²) in [5.74, 6) is 0.620. The third-order valence-corrected chi connectivity index (χ3v) is 14.7. The average Bonchev–Trinajstić information content (AvgIpc) is 3.63. The summed E-state index contributed by atoms with van der Waals surface area (Å²) >= 11 is 0. The lowest BCUT2D eigenvalue weighted by Gasteiger charge is -2.39. The molecule has 5 rings (SSSR count). The summed E-state index contributed by atoms with van der Waals surface area (Å²) in [6.07, 6.45) is 7.53. The third kappa shape index (κ3) is 7.61. The van der Waals surface area contributed by atoms with Crippen LogP contribution in [0.2, 0.25) is 18.1 Å². The van der Waals surface area contributed by atoms with Crippen LogP contribution >= 0.6 is 0 Å². The second-order valence-electron chi connectivity index (χ2n) is 14.8. The summed E-state index contributed by atoms with van der Waals surface area (Å²) in [4.78, 5) is 21.5. The van der Waals surface area contributed by atoms with E-state index >= 15 is 0 Å². The highest BCUT2D eigenvalue weighted by molar-refractivity contribution is 7.92. The Morgan fingerprint density at radius 2 is 1.80 bits per heavy atom. The number of amides is 1. The van der Waals surface area contributed by atoms with Gasteiger partial charge in [-0.25, -0.2) is 27.9 Å². The predicted octanol–water partition coefficient (Wildman–Crippen LogP) is 7.24. The Kier molecular flexibility index (Phi) is 8.97. The van der Waals surface area contributed by atoms with Gasteiger partial charge < -0.3 is 19.0 Å². The van der Waals surface area contributed by atoms with E-state index < -0.39 is 30.0 Å². The molecule has 0 saturated heterocycles. The highest BCUT2D eigenvalue weighted by Crippen LogP contribution is 2.45. The first-order valence-electron chi connectivity index (χ1n) is 15.7. The molecule has 45 heavy (non-hydrogen) atoms. The number of nitrogens with zero attached hydrogens (tertiary/aromatic N) is 3. The van der Waals surface area contributed by atoms with Gasteiger partial charge in [-0.05, 0) is 81.8 Å². The van der Waals surface area contributed by atoms with Crippen LogP contribution in [0, 0.1) is 5.92 Å². The number of carbonyl (C=O) groups excluding carboxylic acids is 1. The summed E-state index contributed by atoms with van der Waals surface area (Å²) in [7, 11) is -6.25. The zero-order valence-electron chi connectivity index (χ0n) is 27.6. The number of ether oxygens (including phenoxy) is 1. The SMILES string of the molecule is CC(C)(C)OC(=O)NS(=O)(=O)/C=C/C1C[C@@H](n2ccc3c(N[C@H]4CCc5ccccc54)ncnc32)C[C@H]1O[Si](C)(C)C(C)(C)C. The molecular formula is C33H47N5O5SSi. The van der Waals surface area contributed by atoms with Gasteiger partial charge in [0.1, 0.15) is 23.4 Å². The van der Waals surface area contributed by atoms with Gasteiger partial charge in [0.2, 0.25) is 0 Å². The van der Waals surface area contributed by atoms with Gasteiger partial charge in [-0.2, -0.15) is 0 Å². The van der Waals surface area contributed by atoms with Crippen LogP contribution in [0.5, 0.6) is 0 Å². The number of nitrogens with one attached hydrogen (secondary N) is 2. The highest BCUT2D eigenvalue weighted by Gasteiger charge is 2.44. The first-order valence-corrected chi connectivity index (χ1v) is 20.2. The first-order chi connectivity index (χ1) is 20.9. The van der Waals surface area contributed by atoms with Crippen LogP contribution < -0.4 is 10.0 Å². The van der Waals surface area contributed by atoms with Crippen molar-refractivity contribution in [3.05, 3.63) is 65.5 Å². The maximum atomic E-state index is 12.8. The van der Waals surface area contributed by atoms with Crippen molar-refractivity contribution in [2.45, 2.75) is 109 Å². The molecule has 0 aliphatic heterocycles. The van der Waals surface area contributed by atoms with Crippen LogP contribution in [0.15, 0.2) is 54.3 Å². The van der Waals surface area contributed by atoms with Crippen molar-refractivity contribution < 1.29 is 22.4 Å². The number of benzene rings is 1. The zero-order valence-corrected chi connectivity index (χ0v) is 29.4. The molecule has 10 nitrogen and oxygen atoms in total. The molecule has 0 spiro atoms. The van der Waals surface area contributed by atoms with Crippen LogP contribution in [-0.2, 0) is 25.6 Å².